The summed E-state index contributed by atoms with van der Waals surface area (Å²) in [5, 5.41) is 13.6. The van der Waals surface area contributed by atoms with Crippen molar-refractivity contribution in [2.45, 2.75) is 0 Å². The molecule has 130 valence electrons. The zero-order valence-corrected chi connectivity index (χ0v) is 13.8. The van der Waals surface area contributed by atoms with E-state index in [1.54, 1.807) is 44.4 Å². The smallest absolute Gasteiger partial charge is 0.282 e. The summed E-state index contributed by atoms with van der Waals surface area (Å²) in [6, 6.07) is 12.1. The highest BCUT2D eigenvalue weighted by molar-refractivity contribution is 6.07. The summed E-state index contributed by atoms with van der Waals surface area (Å²) in [6.45, 7) is -0.0884. The Balaban J connectivity index is 2.03. The number of carbonyl (C=O) groups is 2. The Morgan fingerprint density at radius 2 is 1.76 bits per heavy atom. The van der Waals surface area contributed by atoms with Gasteiger partial charge >= 0.3 is 0 Å². The number of hydrogen-bond acceptors (Lipinski definition) is 5. The molecule has 2 aromatic carbocycles. The lowest BCUT2D eigenvalue weighted by molar-refractivity contribution is -0.385. The second kappa shape index (κ2) is 7.91. The predicted molar refractivity (Wildman–Crippen MR) is 91.7 cm³/mol. The molecule has 8 heteroatoms. The highest BCUT2D eigenvalue weighted by atomic mass is 16.6. The van der Waals surface area contributed by atoms with Crippen LogP contribution in [-0.4, -0.2) is 42.3 Å². The maximum atomic E-state index is 12.2. The van der Waals surface area contributed by atoms with E-state index in [-0.39, 0.29) is 23.8 Å². The first-order valence-corrected chi connectivity index (χ1v) is 7.36. The third-order valence-corrected chi connectivity index (χ3v) is 3.32. The van der Waals surface area contributed by atoms with Gasteiger partial charge in [-0.2, -0.15) is 0 Å². The van der Waals surface area contributed by atoms with Gasteiger partial charge in [-0.25, -0.2) is 0 Å². The molecule has 0 aliphatic carbocycles. The number of nitrogens with one attached hydrogen (secondary N) is 1. The minimum Gasteiger partial charge on any atom is -0.484 e. The van der Waals surface area contributed by atoms with Crippen molar-refractivity contribution < 1.29 is 19.2 Å². The Morgan fingerprint density at radius 1 is 1.12 bits per heavy atom. The monoisotopic (exact) mass is 343 g/mol. The van der Waals surface area contributed by atoms with Crippen molar-refractivity contribution in [3.63, 3.8) is 0 Å². The normalized spacial score (nSPS) is 10.0. The van der Waals surface area contributed by atoms with Crippen molar-refractivity contribution in [1.29, 1.82) is 0 Å². The Hall–Kier alpha value is -3.42. The van der Waals surface area contributed by atoms with Crippen molar-refractivity contribution in [3.8, 4) is 5.75 Å². The Labute approximate surface area is 144 Å². The second-order valence-corrected chi connectivity index (χ2v) is 5.33. The lowest BCUT2D eigenvalue weighted by Crippen LogP contribution is -2.27. The molecule has 0 saturated heterocycles. The van der Waals surface area contributed by atoms with Gasteiger partial charge < -0.3 is 15.0 Å². The fourth-order valence-electron chi connectivity index (χ4n) is 1.93. The van der Waals surface area contributed by atoms with E-state index in [2.05, 4.69) is 5.32 Å². The van der Waals surface area contributed by atoms with Crippen LogP contribution in [0, 0.1) is 10.1 Å². The van der Waals surface area contributed by atoms with Crippen molar-refractivity contribution >= 4 is 23.2 Å². The Bertz CT molecular complexity index is 787. The Morgan fingerprint density at radius 3 is 2.36 bits per heavy atom. The van der Waals surface area contributed by atoms with E-state index < -0.39 is 10.8 Å². The number of hydrogen-bond donors (Lipinski definition) is 1. The summed E-state index contributed by atoms with van der Waals surface area (Å²) in [6.07, 6.45) is 0. The molecule has 0 spiro atoms. The van der Waals surface area contributed by atoms with Crippen LogP contribution in [0.5, 0.6) is 5.75 Å². The van der Waals surface area contributed by atoms with Crippen LogP contribution >= 0.6 is 0 Å². The number of benzene rings is 2. The summed E-state index contributed by atoms with van der Waals surface area (Å²) in [5.74, 6) is -0.281. The van der Waals surface area contributed by atoms with Crippen LogP contribution in [0.25, 0.3) is 0 Å². The highest BCUT2D eigenvalue weighted by Gasteiger charge is 2.19. The number of likely N-dealkylation sites (N-methyl/N-ethyl adjacent to an activating group) is 1. The number of ether oxygens (including phenoxy) is 1. The fraction of sp³-hybridized carbons (Fsp3) is 0.176. The van der Waals surface area contributed by atoms with E-state index in [1.165, 1.54) is 23.1 Å². The Kier molecular flexibility index (Phi) is 5.67. The zero-order valence-electron chi connectivity index (χ0n) is 13.8. The van der Waals surface area contributed by atoms with Gasteiger partial charge in [-0.15, -0.1) is 0 Å². The zero-order chi connectivity index (χ0) is 18.4. The quantitative estimate of drug-likeness (QED) is 0.640. The molecule has 0 aromatic heterocycles. The average molecular weight is 343 g/mol. The molecule has 2 amide bonds. The third kappa shape index (κ3) is 4.77. The molecular formula is C17H17N3O5. The maximum Gasteiger partial charge on any atom is 0.282 e. The van der Waals surface area contributed by atoms with E-state index >= 15 is 0 Å². The number of amides is 2. The van der Waals surface area contributed by atoms with E-state index in [9.17, 15) is 19.7 Å². The van der Waals surface area contributed by atoms with Crippen LogP contribution < -0.4 is 10.1 Å². The van der Waals surface area contributed by atoms with Crippen LogP contribution in [0.4, 0.5) is 11.4 Å². The third-order valence-electron chi connectivity index (χ3n) is 3.32. The summed E-state index contributed by atoms with van der Waals surface area (Å²) in [7, 11) is 3.26. The lowest BCUT2D eigenvalue weighted by atomic mass is 10.1. The lowest BCUT2D eigenvalue weighted by Gasteiger charge is -2.11. The molecule has 25 heavy (non-hydrogen) atoms. The van der Waals surface area contributed by atoms with Crippen molar-refractivity contribution in [2.75, 3.05) is 26.0 Å². The van der Waals surface area contributed by atoms with Crippen molar-refractivity contribution in [1.82, 2.24) is 4.90 Å². The van der Waals surface area contributed by atoms with Crippen molar-refractivity contribution in [3.05, 3.63) is 64.2 Å². The molecule has 2 aromatic rings. The second-order valence-electron chi connectivity index (χ2n) is 5.33. The number of nitro groups is 1. The molecule has 1 N–H and O–H groups in total. The van der Waals surface area contributed by atoms with Crippen LogP contribution in [0.1, 0.15) is 10.4 Å². The minimum absolute atomic E-state index is 0.0237. The largest absolute Gasteiger partial charge is 0.484 e. The molecule has 0 radical (unpaired) electrons. The number of nitro benzene ring substituents is 1. The van der Waals surface area contributed by atoms with E-state index in [0.717, 1.165) is 0 Å². The molecule has 0 heterocycles. The van der Waals surface area contributed by atoms with Gasteiger partial charge in [0.25, 0.3) is 17.5 Å². The van der Waals surface area contributed by atoms with Crippen molar-refractivity contribution in [2.24, 2.45) is 0 Å². The van der Waals surface area contributed by atoms with E-state index in [1.807, 2.05) is 0 Å². The first kappa shape index (κ1) is 17.9. The molecule has 0 saturated carbocycles. The van der Waals surface area contributed by atoms with Gasteiger partial charge in [-0.1, -0.05) is 12.1 Å². The van der Waals surface area contributed by atoms with Gasteiger partial charge in [0.1, 0.15) is 11.3 Å². The number of anilines is 1. The summed E-state index contributed by atoms with van der Waals surface area (Å²) >= 11 is 0. The van der Waals surface area contributed by atoms with Crippen LogP contribution in [0.2, 0.25) is 0 Å². The molecule has 0 aliphatic rings. The molecule has 0 unspecified atom stereocenters. The molecular weight excluding hydrogens is 326 g/mol. The van der Waals surface area contributed by atoms with Gasteiger partial charge in [0.05, 0.1) is 4.92 Å². The highest BCUT2D eigenvalue weighted by Crippen LogP contribution is 2.21. The van der Waals surface area contributed by atoms with Gasteiger partial charge in [0, 0.05) is 25.8 Å². The topological polar surface area (TPSA) is 102 Å². The minimum atomic E-state index is -0.604. The molecule has 0 bridgehead atoms. The van der Waals surface area contributed by atoms with Gasteiger partial charge in [-0.05, 0) is 30.3 Å². The maximum absolute atomic E-state index is 12.2. The molecule has 0 atom stereocenters. The number of carbonyl (C=O) groups excluding carboxylic acids is 2. The molecule has 0 fully saturated rings. The standard InChI is InChI=1S/C17H17N3O5/c1-19(2)16(21)11-25-13-9-7-12(8-10-13)18-17(22)14-5-3-4-6-15(14)20(23)24/h3-10H,11H2,1-2H3,(H,18,22). The first-order chi connectivity index (χ1) is 11.9. The first-order valence-electron chi connectivity index (χ1n) is 7.36. The van der Waals surface area contributed by atoms with Crippen LogP contribution in [-0.2, 0) is 4.79 Å². The fourth-order valence-corrected chi connectivity index (χ4v) is 1.93. The summed E-state index contributed by atoms with van der Waals surface area (Å²) in [5.41, 5.74) is 0.168. The number of para-hydroxylation sites is 1. The average Bonchev–Trinajstić information content (AvgIpc) is 2.60. The van der Waals surface area contributed by atoms with Gasteiger partial charge in [-0.3, -0.25) is 19.7 Å². The van der Waals surface area contributed by atoms with Crippen LogP contribution in [0.15, 0.2) is 48.5 Å². The predicted octanol–water partition coefficient (Wildman–Crippen LogP) is 2.31. The summed E-state index contributed by atoms with van der Waals surface area (Å²) in [4.78, 5) is 35.5. The van der Waals surface area contributed by atoms with E-state index in [4.69, 9.17) is 4.74 Å². The van der Waals surface area contributed by atoms with E-state index in [0.29, 0.717) is 11.4 Å². The number of rotatable bonds is 6. The molecule has 2 rings (SSSR count). The summed E-state index contributed by atoms with van der Waals surface area (Å²) < 4.78 is 5.33. The van der Waals surface area contributed by atoms with Crippen LogP contribution in [0.3, 0.4) is 0 Å². The van der Waals surface area contributed by atoms with Gasteiger partial charge in [0.15, 0.2) is 6.61 Å². The van der Waals surface area contributed by atoms with Gasteiger partial charge in [0.2, 0.25) is 0 Å². The molecule has 0 aliphatic heterocycles. The molecule has 8 nitrogen and oxygen atoms in total. The SMILES string of the molecule is CN(C)C(=O)COc1ccc(NC(=O)c2ccccc2[N+](=O)[O-])cc1. The number of nitrogens with zero attached hydrogens (tertiary/aromatic N) is 2.